The molecule has 4 rings (SSSR count). The van der Waals surface area contributed by atoms with Crippen molar-refractivity contribution in [3.63, 3.8) is 0 Å². The van der Waals surface area contributed by atoms with Gasteiger partial charge in [-0.1, -0.05) is 19.9 Å². The number of rotatable bonds is 9. The summed E-state index contributed by atoms with van der Waals surface area (Å²) >= 11 is 0. The Morgan fingerprint density at radius 1 is 1.06 bits per heavy atom. The zero-order valence-electron chi connectivity index (χ0n) is 18.9. The lowest BCUT2D eigenvalue weighted by atomic mass is 9.99. The normalized spacial score (nSPS) is 15.7. The van der Waals surface area contributed by atoms with Crippen LogP contribution in [0.5, 0.6) is 17.2 Å². The zero-order valence-corrected chi connectivity index (χ0v) is 18.9. The largest absolute Gasteiger partial charge is 0.493 e. The van der Waals surface area contributed by atoms with Crippen LogP contribution < -0.4 is 19.5 Å². The van der Waals surface area contributed by atoms with Gasteiger partial charge in [-0.15, -0.1) is 0 Å². The van der Waals surface area contributed by atoms with Gasteiger partial charge >= 0.3 is 5.97 Å². The maximum Gasteiger partial charge on any atom is 0.306 e. The van der Waals surface area contributed by atoms with E-state index in [0.29, 0.717) is 35.8 Å². The Morgan fingerprint density at radius 2 is 1.81 bits per heavy atom. The highest BCUT2D eigenvalue weighted by molar-refractivity contribution is 5.99. The fourth-order valence-corrected chi connectivity index (χ4v) is 3.90. The van der Waals surface area contributed by atoms with Crippen LogP contribution >= 0.6 is 0 Å². The minimum absolute atomic E-state index is 0.0609. The number of ether oxygens (including phenoxy) is 4. The van der Waals surface area contributed by atoms with E-state index in [1.807, 2.05) is 44.2 Å². The summed E-state index contributed by atoms with van der Waals surface area (Å²) in [5, 5.41) is 2.84. The zero-order chi connectivity index (χ0) is 22.9. The van der Waals surface area contributed by atoms with E-state index in [2.05, 4.69) is 5.32 Å². The first-order valence-corrected chi connectivity index (χ1v) is 10.9. The molecule has 0 atom stereocenters. The van der Waals surface area contributed by atoms with Crippen molar-refractivity contribution in [3.8, 4) is 28.4 Å². The van der Waals surface area contributed by atoms with Crippen LogP contribution in [0.4, 0.5) is 0 Å². The summed E-state index contributed by atoms with van der Waals surface area (Å²) in [6.45, 7) is 4.72. The molecule has 1 aliphatic carbocycles. The molecule has 1 amide bonds. The van der Waals surface area contributed by atoms with Crippen molar-refractivity contribution in [1.82, 2.24) is 5.32 Å². The van der Waals surface area contributed by atoms with Crippen LogP contribution in [0, 0.1) is 5.92 Å². The van der Waals surface area contributed by atoms with Crippen LogP contribution in [-0.2, 0) is 16.1 Å². The highest BCUT2D eigenvalue weighted by Gasteiger charge is 2.48. The molecule has 1 heterocycles. The lowest BCUT2D eigenvalue weighted by molar-refractivity contribution is -0.153. The highest BCUT2D eigenvalue weighted by Crippen LogP contribution is 2.47. The quantitative estimate of drug-likeness (QED) is 0.592. The number of fused-ring (bicyclic) bond motifs is 1. The first-order valence-electron chi connectivity index (χ1n) is 10.9. The van der Waals surface area contributed by atoms with E-state index in [-0.39, 0.29) is 24.4 Å². The summed E-state index contributed by atoms with van der Waals surface area (Å²) in [5.74, 6) is 1.53. The third-order valence-corrected chi connectivity index (χ3v) is 5.79. The average Bonchev–Trinajstić information content (AvgIpc) is 3.43. The number of amides is 1. The van der Waals surface area contributed by atoms with Crippen LogP contribution in [0.2, 0.25) is 0 Å². The fraction of sp³-hybridized carbons (Fsp3) is 0.440. The van der Waals surface area contributed by atoms with Crippen molar-refractivity contribution in [2.24, 2.45) is 5.92 Å². The van der Waals surface area contributed by atoms with E-state index in [1.165, 1.54) is 0 Å². The van der Waals surface area contributed by atoms with Gasteiger partial charge in [-0.25, -0.2) is 0 Å². The second-order valence-electron chi connectivity index (χ2n) is 8.78. The third kappa shape index (κ3) is 4.38. The first-order chi connectivity index (χ1) is 15.4. The summed E-state index contributed by atoms with van der Waals surface area (Å²) < 4.78 is 23.1. The molecule has 0 spiro atoms. The summed E-state index contributed by atoms with van der Waals surface area (Å²) in [7, 11) is 3.14. The monoisotopic (exact) mass is 439 g/mol. The number of nitrogens with one attached hydrogen (secondary N) is 1. The lowest BCUT2D eigenvalue weighted by Crippen LogP contribution is -2.27. The molecule has 170 valence electrons. The molecule has 1 fully saturated rings. The van der Waals surface area contributed by atoms with Crippen molar-refractivity contribution < 1.29 is 28.5 Å². The predicted molar refractivity (Wildman–Crippen MR) is 119 cm³/mol. The molecule has 1 saturated carbocycles. The maximum absolute atomic E-state index is 12.2. The molecular formula is C25H29NO6. The molecular weight excluding hydrogens is 410 g/mol. The molecule has 7 nitrogen and oxygen atoms in total. The molecule has 0 saturated heterocycles. The summed E-state index contributed by atoms with van der Waals surface area (Å²) in [4.78, 5) is 24.1. The minimum Gasteiger partial charge on any atom is -0.493 e. The van der Waals surface area contributed by atoms with E-state index in [1.54, 1.807) is 14.2 Å². The molecule has 2 aromatic rings. The number of hydrogen-bond donors (Lipinski definition) is 1. The molecule has 1 aliphatic heterocycles. The van der Waals surface area contributed by atoms with Gasteiger partial charge in [0, 0.05) is 24.1 Å². The predicted octanol–water partition coefficient (Wildman–Crippen LogP) is 4.11. The van der Waals surface area contributed by atoms with Crippen LogP contribution in [0.25, 0.3) is 11.1 Å². The van der Waals surface area contributed by atoms with E-state index in [9.17, 15) is 9.59 Å². The molecule has 1 N–H and O–H groups in total. The number of carbonyl (C=O) groups excluding carboxylic acids is 2. The van der Waals surface area contributed by atoms with E-state index >= 15 is 0 Å². The highest BCUT2D eigenvalue weighted by atomic mass is 16.6. The Kier molecular flexibility index (Phi) is 6.00. The summed E-state index contributed by atoms with van der Waals surface area (Å²) in [6, 6.07) is 9.44. The number of benzene rings is 2. The van der Waals surface area contributed by atoms with Gasteiger partial charge in [-0.3, -0.25) is 9.59 Å². The van der Waals surface area contributed by atoms with Crippen LogP contribution in [0.15, 0.2) is 30.3 Å². The Hall–Kier alpha value is -3.22. The Balaban J connectivity index is 1.63. The Morgan fingerprint density at radius 3 is 2.47 bits per heavy atom. The van der Waals surface area contributed by atoms with Crippen molar-refractivity contribution in [2.45, 2.75) is 45.3 Å². The molecule has 7 heteroatoms. The first kappa shape index (κ1) is 22.0. The molecule has 0 unspecified atom stereocenters. The van der Waals surface area contributed by atoms with Gasteiger partial charge in [0.25, 0.3) is 5.91 Å². The van der Waals surface area contributed by atoms with Gasteiger partial charge in [0.2, 0.25) is 5.75 Å². The van der Waals surface area contributed by atoms with Gasteiger partial charge in [-0.2, -0.15) is 0 Å². The van der Waals surface area contributed by atoms with Gasteiger partial charge in [0.05, 0.1) is 14.2 Å². The van der Waals surface area contributed by atoms with Crippen LogP contribution in [0.1, 0.15) is 49.0 Å². The smallest absolute Gasteiger partial charge is 0.306 e. The van der Waals surface area contributed by atoms with Crippen molar-refractivity contribution in [2.75, 3.05) is 20.8 Å². The van der Waals surface area contributed by atoms with Gasteiger partial charge in [0.1, 0.15) is 12.2 Å². The summed E-state index contributed by atoms with van der Waals surface area (Å²) in [6.07, 6.45) is 1.92. The van der Waals surface area contributed by atoms with E-state index in [4.69, 9.17) is 18.9 Å². The SMILES string of the molecule is COc1ccc(-c2ccc3c(c2)CNC3=O)c(OCC2(OC(=O)CC(C)C)CC2)c1OC. The van der Waals surface area contributed by atoms with Gasteiger partial charge in [0.15, 0.2) is 11.5 Å². The Labute approximate surface area is 188 Å². The van der Waals surface area contributed by atoms with Crippen molar-refractivity contribution >= 4 is 11.9 Å². The van der Waals surface area contributed by atoms with Crippen LogP contribution in [0.3, 0.4) is 0 Å². The molecule has 2 aliphatic rings. The van der Waals surface area contributed by atoms with Crippen molar-refractivity contribution in [3.05, 3.63) is 41.5 Å². The van der Waals surface area contributed by atoms with Crippen LogP contribution in [-0.4, -0.2) is 38.3 Å². The minimum atomic E-state index is -0.592. The summed E-state index contributed by atoms with van der Waals surface area (Å²) in [5.41, 5.74) is 2.75. The number of hydrogen-bond acceptors (Lipinski definition) is 6. The molecule has 0 radical (unpaired) electrons. The Bertz CT molecular complexity index is 1040. The molecule has 2 aromatic carbocycles. The van der Waals surface area contributed by atoms with Gasteiger partial charge in [-0.05, 0) is 54.2 Å². The van der Waals surface area contributed by atoms with E-state index < -0.39 is 5.60 Å². The average molecular weight is 440 g/mol. The topological polar surface area (TPSA) is 83.1 Å². The molecule has 0 bridgehead atoms. The maximum atomic E-state index is 12.2. The fourth-order valence-electron chi connectivity index (χ4n) is 3.90. The van der Waals surface area contributed by atoms with E-state index in [0.717, 1.165) is 29.5 Å². The van der Waals surface area contributed by atoms with Crippen molar-refractivity contribution in [1.29, 1.82) is 0 Å². The second-order valence-corrected chi connectivity index (χ2v) is 8.78. The third-order valence-electron chi connectivity index (χ3n) is 5.79. The number of esters is 1. The lowest BCUT2D eigenvalue weighted by Gasteiger charge is -2.22. The van der Waals surface area contributed by atoms with Gasteiger partial charge < -0.3 is 24.3 Å². The number of methoxy groups -OCH3 is 2. The molecule has 32 heavy (non-hydrogen) atoms. The standard InChI is InChI=1S/C25H29NO6/c1-15(2)11-21(27)32-25(9-10-25)14-31-22-18(7-8-20(29-3)23(22)30-4)16-5-6-19-17(12-16)13-26-24(19)28/h5-8,12,15H,9-11,13-14H2,1-4H3,(H,26,28). The number of carbonyl (C=O) groups is 2. The molecule has 0 aromatic heterocycles. The second kappa shape index (κ2) is 8.73.